The van der Waals surface area contributed by atoms with Crippen LogP contribution in [-0.2, 0) is 14.6 Å². The molecule has 0 atom stereocenters. The van der Waals surface area contributed by atoms with Crippen LogP contribution in [0.15, 0.2) is 69.3 Å². The number of carbonyl (C=O) groups excluding carboxylic acids is 1. The first-order chi connectivity index (χ1) is 14.5. The van der Waals surface area contributed by atoms with Crippen molar-refractivity contribution in [3.8, 4) is 0 Å². The zero-order chi connectivity index (χ0) is 23.2. The minimum absolute atomic E-state index is 0.168. The molecule has 1 aromatic carbocycles. The highest BCUT2D eigenvalue weighted by molar-refractivity contribution is 7.90. The number of likely N-dealkylation sites (N-methyl/N-ethyl adjacent to an activating group) is 2. The predicted octanol–water partition coefficient (Wildman–Crippen LogP) is 2.00. The topological polar surface area (TPSA) is 108 Å². The second-order valence-electron chi connectivity index (χ2n) is 7.62. The summed E-state index contributed by atoms with van der Waals surface area (Å²) in [5, 5.41) is 3.10. The molecule has 0 fully saturated rings. The molecule has 1 aliphatic heterocycles. The molecule has 0 unspecified atom stereocenters. The Labute approximate surface area is 184 Å². The summed E-state index contributed by atoms with van der Waals surface area (Å²) in [4.78, 5) is 21.2. The molecule has 0 radical (unpaired) electrons. The van der Waals surface area contributed by atoms with Gasteiger partial charge in [0.2, 0.25) is 0 Å². The number of nitrogens with two attached hydrogens (primary N) is 1. The summed E-state index contributed by atoms with van der Waals surface area (Å²) < 4.78 is 23.9. The normalized spacial score (nSPS) is 21.4. The zero-order valence-electron chi connectivity index (χ0n) is 18.7. The lowest BCUT2D eigenvalue weighted by Crippen LogP contribution is -2.31. The minimum atomic E-state index is -3.38. The highest BCUT2D eigenvalue weighted by Crippen LogP contribution is 2.22. The Morgan fingerprint density at radius 1 is 1.19 bits per heavy atom. The molecule has 1 heterocycles. The molecule has 168 valence electrons. The summed E-state index contributed by atoms with van der Waals surface area (Å²) in [6, 6.07) is 6.37. The number of nitrogens with one attached hydrogen (secondary N) is 1. The Morgan fingerprint density at radius 2 is 1.90 bits per heavy atom. The van der Waals surface area contributed by atoms with Crippen LogP contribution in [0.2, 0.25) is 0 Å². The predicted molar refractivity (Wildman–Crippen MR) is 126 cm³/mol. The molecule has 0 spiro atoms. The van der Waals surface area contributed by atoms with Gasteiger partial charge < -0.3 is 20.9 Å². The van der Waals surface area contributed by atoms with Crippen molar-refractivity contribution in [2.45, 2.75) is 18.2 Å². The first-order valence-electron chi connectivity index (χ1n) is 9.96. The Kier molecular flexibility index (Phi) is 8.18. The molecule has 0 saturated heterocycles. The van der Waals surface area contributed by atoms with Gasteiger partial charge >= 0.3 is 0 Å². The van der Waals surface area contributed by atoms with Gasteiger partial charge in [0.1, 0.15) is 11.7 Å². The van der Waals surface area contributed by atoms with Crippen molar-refractivity contribution in [2.75, 3.05) is 45.8 Å². The van der Waals surface area contributed by atoms with Crippen LogP contribution in [0, 0.1) is 0 Å². The largest absolute Gasteiger partial charge is 0.365 e. The number of nitrogens with zero attached hydrogens (tertiary/aromatic N) is 3. The van der Waals surface area contributed by atoms with E-state index in [0.717, 1.165) is 31.3 Å². The van der Waals surface area contributed by atoms with Crippen molar-refractivity contribution < 1.29 is 13.2 Å². The molecule has 9 heteroatoms. The van der Waals surface area contributed by atoms with E-state index in [1.54, 1.807) is 24.3 Å². The maximum Gasteiger partial charge on any atom is 0.252 e. The molecular weight excluding hydrogens is 414 g/mol. The van der Waals surface area contributed by atoms with Gasteiger partial charge in [-0.2, -0.15) is 0 Å². The van der Waals surface area contributed by atoms with Gasteiger partial charge in [0.05, 0.1) is 10.5 Å². The van der Waals surface area contributed by atoms with Crippen LogP contribution in [-0.4, -0.2) is 70.4 Å². The molecule has 0 bridgehead atoms. The van der Waals surface area contributed by atoms with Crippen LogP contribution >= 0.6 is 0 Å². The molecule has 2 rings (SSSR count). The fraction of sp³-hybridized carbons (Fsp3) is 0.364. The number of sulfone groups is 1. The number of hydrogen-bond donors (Lipinski definition) is 2. The number of amides is 1. The Morgan fingerprint density at radius 3 is 2.48 bits per heavy atom. The molecule has 1 aromatic rings. The summed E-state index contributed by atoms with van der Waals surface area (Å²) >= 11 is 0. The first kappa shape index (κ1) is 24.4. The zero-order valence-corrected chi connectivity index (χ0v) is 19.5. The van der Waals surface area contributed by atoms with Crippen molar-refractivity contribution in [1.29, 1.82) is 0 Å². The number of rotatable bonds is 8. The minimum Gasteiger partial charge on any atom is -0.365 e. The van der Waals surface area contributed by atoms with E-state index in [2.05, 4.69) is 10.2 Å². The molecular formula is C22H31N5O3S. The van der Waals surface area contributed by atoms with Crippen LogP contribution in [0.25, 0.3) is 0 Å². The van der Waals surface area contributed by atoms with Gasteiger partial charge in [0, 0.05) is 32.1 Å². The SMILES string of the molecule is CCC1=C(N(C)CCN(C)C)/N=C(Nc2cccc(S(C)(=O)=O)c2)\C(C(N)=O)=C\C=C\1. The quantitative estimate of drug-likeness (QED) is 0.634. The van der Waals surface area contributed by atoms with Crippen LogP contribution in [0.4, 0.5) is 5.69 Å². The van der Waals surface area contributed by atoms with Crippen molar-refractivity contribution >= 4 is 27.3 Å². The highest BCUT2D eigenvalue weighted by Gasteiger charge is 2.19. The van der Waals surface area contributed by atoms with Crippen molar-refractivity contribution in [1.82, 2.24) is 9.80 Å². The first-order valence-corrected chi connectivity index (χ1v) is 11.9. The molecule has 1 amide bonds. The van der Waals surface area contributed by atoms with E-state index in [0.29, 0.717) is 11.5 Å². The standard InChI is InChI=1S/C22H31N5O3S/c1-6-16-9-7-12-19(20(23)28)21(25-22(16)27(4)14-13-26(2)3)24-17-10-8-11-18(15-17)31(5,29)30/h7-12,15H,6,13-14H2,1-5H3,(H2,23,28)(H,24,25). The van der Waals surface area contributed by atoms with Gasteiger partial charge in [-0.3, -0.25) is 4.79 Å². The van der Waals surface area contributed by atoms with Gasteiger partial charge in [-0.05, 0) is 50.4 Å². The number of allylic oxidation sites excluding steroid dienone is 4. The third-order valence-electron chi connectivity index (χ3n) is 4.74. The summed E-state index contributed by atoms with van der Waals surface area (Å²) in [7, 11) is 2.57. The Hall–Kier alpha value is -2.91. The van der Waals surface area contributed by atoms with Crippen molar-refractivity contribution in [3.05, 3.63) is 59.5 Å². The lowest BCUT2D eigenvalue weighted by molar-refractivity contribution is -0.114. The number of aliphatic imine (C=N–C) groups is 1. The summed E-state index contributed by atoms with van der Waals surface area (Å²) in [6.07, 6.45) is 7.21. The maximum absolute atomic E-state index is 12.2. The van der Waals surface area contributed by atoms with Gasteiger partial charge in [-0.15, -0.1) is 0 Å². The molecule has 0 aliphatic carbocycles. The number of amidine groups is 1. The molecule has 8 nitrogen and oxygen atoms in total. The average molecular weight is 446 g/mol. The summed E-state index contributed by atoms with van der Waals surface area (Å²) in [5.74, 6) is 0.347. The second kappa shape index (κ2) is 10.4. The monoisotopic (exact) mass is 445 g/mol. The maximum atomic E-state index is 12.2. The third-order valence-corrected chi connectivity index (χ3v) is 5.85. The van der Waals surface area contributed by atoms with E-state index in [4.69, 9.17) is 10.7 Å². The fourth-order valence-corrected chi connectivity index (χ4v) is 3.62. The van der Waals surface area contributed by atoms with Gasteiger partial charge in [0.25, 0.3) is 5.91 Å². The van der Waals surface area contributed by atoms with Crippen molar-refractivity contribution in [2.24, 2.45) is 10.7 Å². The van der Waals surface area contributed by atoms with Crippen LogP contribution in [0.1, 0.15) is 13.3 Å². The van der Waals surface area contributed by atoms with E-state index < -0.39 is 15.7 Å². The Balaban J connectivity index is 2.55. The summed E-state index contributed by atoms with van der Waals surface area (Å²) in [5.41, 5.74) is 7.32. The van der Waals surface area contributed by atoms with Crippen LogP contribution < -0.4 is 11.1 Å². The van der Waals surface area contributed by atoms with Crippen molar-refractivity contribution in [3.63, 3.8) is 0 Å². The highest BCUT2D eigenvalue weighted by atomic mass is 32.2. The second-order valence-corrected chi connectivity index (χ2v) is 9.63. The lowest BCUT2D eigenvalue weighted by Gasteiger charge is -2.25. The fourth-order valence-electron chi connectivity index (χ4n) is 2.95. The summed E-state index contributed by atoms with van der Waals surface area (Å²) in [6.45, 7) is 3.60. The van der Waals surface area contributed by atoms with E-state index in [-0.39, 0.29) is 16.3 Å². The number of anilines is 1. The molecule has 0 aromatic heterocycles. The van der Waals surface area contributed by atoms with E-state index >= 15 is 0 Å². The average Bonchev–Trinajstić information content (AvgIpc) is 2.67. The third kappa shape index (κ3) is 6.80. The molecule has 1 aliphatic rings. The van der Waals surface area contributed by atoms with Crippen LogP contribution in [0.5, 0.6) is 0 Å². The smallest absolute Gasteiger partial charge is 0.252 e. The number of benzene rings is 1. The number of hydrogen-bond acceptors (Lipinski definition) is 7. The molecule has 3 N–H and O–H groups in total. The van der Waals surface area contributed by atoms with E-state index in [1.165, 1.54) is 12.1 Å². The van der Waals surface area contributed by atoms with Gasteiger partial charge in [-0.25, -0.2) is 13.4 Å². The van der Waals surface area contributed by atoms with Gasteiger partial charge in [0.15, 0.2) is 9.84 Å². The molecule has 0 saturated carbocycles. The Bertz CT molecular complexity index is 1050. The van der Waals surface area contributed by atoms with E-state index in [1.807, 2.05) is 39.0 Å². The van der Waals surface area contributed by atoms with E-state index in [9.17, 15) is 13.2 Å². The number of primary amides is 1. The lowest BCUT2D eigenvalue weighted by atomic mass is 10.1. The van der Waals surface area contributed by atoms with Crippen LogP contribution in [0.3, 0.4) is 0 Å². The molecule has 31 heavy (non-hydrogen) atoms. The number of carbonyl (C=O) groups is 1. The van der Waals surface area contributed by atoms with Gasteiger partial charge in [-0.1, -0.05) is 25.1 Å².